The van der Waals surface area contributed by atoms with Gasteiger partial charge in [-0.05, 0) is 83.5 Å². The molecule has 0 aromatic heterocycles. The van der Waals surface area contributed by atoms with Gasteiger partial charge in [-0.3, -0.25) is 9.59 Å². The van der Waals surface area contributed by atoms with Gasteiger partial charge in [-0.15, -0.1) is 0 Å². The number of allylic oxidation sites excluding steroid dienone is 7. The van der Waals surface area contributed by atoms with Crippen molar-refractivity contribution in [2.75, 3.05) is 13.2 Å². The van der Waals surface area contributed by atoms with Crippen LogP contribution in [0.4, 0.5) is 0 Å². The zero-order valence-electron chi connectivity index (χ0n) is 45.3. The maximum Gasteiger partial charge on any atom is 0.305 e. The Kier molecular flexibility index (Phi) is 55.6. The Morgan fingerprint density at radius 2 is 0.750 bits per heavy atom. The molecule has 6 heteroatoms. The molecule has 1 amide bonds. The van der Waals surface area contributed by atoms with E-state index in [-0.39, 0.29) is 18.5 Å². The predicted octanol–water partition coefficient (Wildman–Crippen LogP) is 18.6. The number of carbonyl (C=O) groups excluding carboxylic acids is 2. The van der Waals surface area contributed by atoms with Gasteiger partial charge in [0.25, 0.3) is 0 Å². The summed E-state index contributed by atoms with van der Waals surface area (Å²) in [5.74, 6) is -0.103. The summed E-state index contributed by atoms with van der Waals surface area (Å²) in [6, 6.07) is -0.642. The number of hydrogen-bond donors (Lipinski definition) is 3. The SMILES string of the molecule is CCCC/C=C\C/C=C\CCCCCCCC(=O)OCCCCCCCCC/C=C\CCCCCCCC(=O)NC(CO)C(O)/C=C/CCCCCCCCCCCCCCCCCCCCC. The first-order valence-electron chi connectivity index (χ1n) is 29.9. The maximum atomic E-state index is 12.5. The second-order valence-electron chi connectivity index (χ2n) is 20.3. The second-order valence-corrected chi connectivity index (χ2v) is 20.3. The lowest BCUT2D eigenvalue weighted by molar-refractivity contribution is -0.143. The van der Waals surface area contributed by atoms with Gasteiger partial charge >= 0.3 is 5.97 Å². The molecule has 0 saturated carbocycles. The molecule has 0 rings (SSSR count). The minimum atomic E-state index is -0.857. The summed E-state index contributed by atoms with van der Waals surface area (Å²) in [5.41, 5.74) is 0. The number of nitrogens with one attached hydrogen (secondary N) is 1. The van der Waals surface area contributed by atoms with Gasteiger partial charge in [0.1, 0.15) is 0 Å². The highest BCUT2D eigenvalue weighted by Crippen LogP contribution is 2.16. The van der Waals surface area contributed by atoms with Crippen molar-refractivity contribution in [1.82, 2.24) is 5.32 Å². The van der Waals surface area contributed by atoms with E-state index < -0.39 is 12.1 Å². The second kappa shape index (κ2) is 57.4. The topological polar surface area (TPSA) is 95.9 Å². The van der Waals surface area contributed by atoms with Crippen LogP contribution in [-0.4, -0.2) is 47.4 Å². The van der Waals surface area contributed by atoms with Crippen LogP contribution >= 0.6 is 0 Å². The smallest absolute Gasteiger partial charge is 0.305 e. The van der Waals surface area contributed by atoms with Gasteiger partial charge in [0, 0.05) is 12.8 Å². The first-order chi connectivity index (χ1) is 33.5. The van der Waals surface area contributed by atoms with Crippen molar-refractivity contribution in [1.29, 1.82) is 0 Å². The van der Waals surface area contributed by atoms with Gasteiger partial charge in [-0.1, -0.05) is 262 Å². The molecule has 0 bridgehead atoms. The summed E-state index contributed by atoms with van der Waals surface area (Å²) in [4.78, 5) is 24.5. The zero-order chi connectivity index (χ0) is 49.3. The molecule has 0 aliphatic heterocycles. The lowest BCUT2D eigenvalue weighted by atomic mass is 10.0. The maximum absolute atomic E-state index is 12.5. The molecule has 3 N–H and O–H groups in total. The standard InChI is InChI=1S/C62H115NO5/c1-3-5-7-9-11-13-15-17-19-20-21-22-23-24-27-30-34-38-42-46-50-54-60(65)59(58-64)63-61(66)55-51-47-43-39-35-31-28-25-26-29-33-37-41-45-49-53-57-68-62(67)56-52-48-44-40-36-32-18-16-14-12-10-8-6-4-2/h10,12,16,18,25,28,50,54,59-60,64-65H,3-9,11,13-15,17,19-24,26-27,29-49,51-53,55-58H2,1-2H3,(H,63,66)/b12-10-,18-16-,28-25-,54-50+. The molecule has 0 fully saturated rings. The van der Waals surface area contributed by atoms with Crippen LogP contribution in [0.2, 0.25) is 0 Å². The van der Waals surface area contributed by atoms with E-state index in [2.05, 4.69) is 55.6 Å². The Morgan fingerprint density at radius 3 is 1.18 bits per heavy atom. The number of aliphatic hydroxyl groups is 2. The summed E-state index contributed by atoms with van der Waals surface area (Å²) < 4.78 is 5.46. The summed E-state index contributed by atoms with van der Waals surface area (Å²) in [5, 5.41) is 23.2. The van der Waals surface area contributed by atoms with E-state index in [9.17, 15) is 19.8 Å². The molecule has 0 aromatic rings. The van der Waals surface area contributed by atoms with Crippen LogP contribution in [0.15, 0.2) is 48.6 Å². The molecule has 398 valence electrons. The molecular formula is C62H115NO5. The minimum Gasteiger partial charge on any atom is -0.466 e. The highest BCUT2D eigenvalue weighted by molar-refractivity contribution is 5.76. The van der Waals surface area contributed by atoms with Crippen molar-refractivity contribution in [3.63, 3.8) is 0 Å². The summed E-state index contributed by atoms with van der Waals surface area (Å²) in [7, 11) is 0. The van der Waals surface area contributed by atoms with Gasteiger partial charge in [-0.2, -0.15) is 0 Å². The molecule has 2 unspecified atom stereocenters. The molecular weight excluding hydrogens is 839 g/mol. The zero-order valence-corrected chi connectivity index (χ0v) is 45.3. The van der Waals surface area contributed by atoms with Crippen LogP contribution in [0.5, 0.6) is 0 Å². The van der Waals surface area contributed by atoms with Gasteiger partial charge in [0.2, 0.25) is 5.91 Å². The Hall–Kier alpha value is -2.18. The number of amides is 1. The van der Waals surface area contributed by atoms with Crippen molar-refractivity contribution in [2.24, 2.45) is 0 Å². The Labute approximate surface area is 423 Å². The molecule has 0 radical (unpaired) electrons. The van der Waals surface area contributed by atoms with E-state index in [0.29, 0.717) is 19.4 Å². The molecule has 0 aliphatic rings. The van der Waals surface area contributed by atoms with Crippen molar-refractivity contribution in [3.8, 4) is 0 Å². The van der Waals surface area contributed by atoms with Crippen molar-refractivity contribution in [2.45, 2.75) is 321 Å². The Morgan fingerprint density at radius 1 is 0.412 bits per heavy atom. The molecule has 6 nitrogen and oxygen atoms in total. The fourth-order valence-electron chi connectivity index (χ4n) is 8.94. The molecule has 68 heavy (non-hydrogen) atoms. The molecule has 0 heterocycles. The van der Waals surface area contributed by atoms with Crippen LogP contribution in [-0.2, 0) is 14.3 Å². The first kappa shape index (κ1) is 65.8. The molecule has 0 aromatic carbocycles. The molecule has 0 aliphatic carbocycles. The Bertz CT molecular complexity index is 1150. The number of hydrogen-bond acceptors (Lipinski definition) is 5. The van der Waals surface area contributed by atoms with Crippen LogP contribution in [0.1, 0.15) is 309 Å². The fraction of sp³-hybridized carbons (Fsp3) is 0.839. The normalized spacial score (nSPS) is 12.9. The van der Waals surface area contributed by atoms with E-state index in [1.165, 1.54) is 212 Å². The lowest BCUT2D eigenvalue weighted by Gasteiger charge is -2.20. The highest BCUT2D eigenvalue weighted by atomic mass is 16.5. The van der Waals surface area contributed by atoms with Crippen LogP contribution in [0.25, 0.3) is 0 Å². The molecule has 0 spiro atoms. The van der Waals surface area contributed by atoms with Crippen LogP contribution in [0.3, 0.4) is 0 Å². The average Bonchev–Trinajstić information content (AvgIpc) is 3.34. The van der Waals surface area contributed by atoms with Crippen LogP contribution in [0, 0.1) is 0 Å². The van der Waals surface area contributed by atoms with E-state index in [4.69, 9.17) is 4.74 Å². The summed E-state index contributed by atoms with van der Waals surface area (Å²) in [6.45, 7) is 4.84. The Balaban J connectivity index is 3.51. The van der Waals surface area contributed by atoms with Gasteiger partial charge in [-0.25, -0.2) is 0 Å². The monoisotopic (exact) mass is 954 g/mol. The van der Waals surface area contributed by atoms with Crippen molar-refractivity contribution in [3.05, 3.63) is 48.6 Å². The number of carbonyl (C=O) groups is 2. The molecule has 2 atom stereocenters. The van der Waals surface area contributed by atoms with Crippen LogP contribution < -0.4 is 5.32 Å². The van der Waals surface area contributed by atoms with Gasteiger partial charge in [0.05, 0.1) is 25.4 Å². The average molecular weight is 955 g/mol. The molecule has 0 saturated heterocycles. The highest BCUT2D eigenvalue weighted by Gasteiger charge is 2.18. The van der Waals surface area contributed by atoms with Gasteiger partial charge < -0.3 is 20.3 Å². The number of aliphatic hydroxyl groups excluding tert-OH is 2. The van der Waals surface area contributed by atoms with Crippen molar-refractivity contribution >= 4 is 11.9 Å². The summed E-state index contributed by atoms with van der Waals surface area (Å²) in [6.07, 6.45) is 72.8. The van der Waals surface area contributed by atoms with E-state index in [1.54, 1.807) is 6.08 Å². The first-order valence-corrected chi connectivity index (χ1v) is 29.9. The van der Waals surface area contributed by atoms with E-state index in [1.807, 2.05) is 6.08 Å². The van der Waals surface area contributed by atoms with Gasteiger partial charge in [0.15, 0.2) is 0 Å². The lowest BCUT2D eigenvalue weighted by Crippen LogP contribution is -2.45. The van der Waals surface area contributed by atoms with E-state index >= 15 is 0 Å². The minimum absolute atomic E-state index is 0.0187. The number of esters is 1. The largest absolute Gasteiger partial charge is 0.466 e. The number of rotatable bonds is 55. The van der Waals surface area contributed by atoms with Crippen molar-refractivity contribution < 1.29 is 24.5 Å². The third kappa shape index (κ3) is 53.2. The quantitative estimate of drug-likeness (QED) is 0.0321. The third-order valence-electron chi connectivity index (χ3n) is 13.6. The van der Waals surface area contributed by atoms with E-state index in [0.717, 1.165) is 70.6 Å². The summed E-state index contributed by atoms with van der Waals surface area (Å²) >= 11 is 0. The fourth-order valence-corrected chi connectivity index (χ4v) is 8.94. The third-order valence-corrected chi connectivity index (χ3v) is 13.6. The number of unbranched alkanes of at least 4 members (excludes halogenated alkanes) is 38. The predicted molar refractivity (Wildman–Crippen MR) is 296 cm³/mol. The number of ether oxygens (including phenoxy) is 1.